The van der Waals surface area contributed by atoms with E-state index in [4.69, 9.17) is 9.47 Å². The maximum atomic E-state index is 12.6. The van der Waals surface area contributed by atoms with Crippen molar-refractivity contribution < 1.29 is 24.5 Å². The monoisotopic (exact) mass is 420 g/mol. The van der Waals surface area contributed by atoms with Crippen molar-refractivity contribution in [3.05, 3.63) is 17.7 Å². The summed E-state index contributed by atoms with van der Waals surface area (Å²) in [6.45, 7) is 5.49. The van der Waals surface area contributed by atoms with Crippen LogP contribution in [0.4, 0.5) is 0 Å². The summed E-state index contributed by atoms with van der Waals surface area (Å²) in [6, 6.07) is 2.76. The minimum atomic E-state index is -0.948. The maximum absolute atomic E-state index is 12.6. The number of aliphatic hydroxyl groups excluding tert-OH is 1. The van der Waals surface area contributed by atoms with Gasteiger partial charge in [-0.1, -0.05) is 32.6 Å². The molecule has 0 radical (unpaired) electrons. The number of hydrogen-bond donors (Lipinski definition) is 3. The van der Waals surface area contributed by atoms with Crippen molar-refractivity contribution in [3.8, 4) is 17.2 Å². The van der Waals surface area contributed by atoms with Crippen LogP contribution in [0.25, 0.3) is 0 Å². The summed E-state index contributed by atoms with van der Waals surface area (Å²) in [7, 11) is 0. The van der Waals surface area contributed by atoms with Crippen LogP contribution in [0.5, 0.6) is 17.2 Å². The highest BCUT2D eigenvalue weighted by atomic mass is 16.6. The summed E-state index contributed by atoms with van der Waals surface area (Å²) in [5, 5.41) is 24.5. The highest BCUT2D eigenvalue weighted by Gasteiger charge is 2.29. The van der Waals surface area contributed by atoms with Crippen LogP contribution in [-0.4, -0.2) is 59.9 Å². The molecule has 2 atom stereocenters. The molecule has 0 saturated carbocycles. The van der Waals surface area contributed by atoms with Gasteiger partial charge in [-0.25, -0.2) is 0 Å². The predicted octanol–water partition coefficient (Wildman–Crippen LogP) is 3.14. The van der Waals surface area contributed by atoms with Crippen molar-refractivity contribution in [2.24, 2.45) is 0 Å². The van der Waals surface area contributed by atoms with Crippen molar-refractivity contribution in [1.82, 2.24) is 10.2 Å². The average molecular weight is 421 g/mol. The summed E-state index contributed by atoms with van der Waals surface area (Å²) < 4.78 is 11.0. The van der Waals surface area contributed by atoms with Crippen LogP contribution in [-0.2, 0) is 4.79 Å². The normalized spacial score (nSPS) is 18.2. The Balaban J connectivity index is 1.66. The van der Waals surface area contributed by atoms with Crippen molar-refractivity contribution in [1.29, 1.82) is 0 Å². The van der Waals surface area contributed by atoms with Gasteiger partial charge in [-0.05, 0) is 50.0 Å². The number of phenolic OH excluding ortho intramolecular Hbond substituents is 1. The average Bonchev–Trinajstić information content (AvgIpc) is 3.26. The number of likely N-dealkylation sites (tertiary alicyclic amines) is 1. The van der Waals surface area contributed by atoms with Crippen LogP contribution in [0, 0.1) is 0 Å². The van der Waals surface area contributed by atoms with Crippen molar-refractivity contribution in [2.45, 2.75) is 70.4 Å². The number of aliphatic hydroxyl groups is 1. The molecule has 3 N–H and O–H groups in total. The lowest BCUT2D eigenvalue weighted by molar-refractivity contribution is -0.123. The number of amides is 1. The number of benzene rings is 1. The number of unbranched alkanes of at least 4 members (excludes halogenated alkanes) is 4. The number of nitrogens with one attached hydrogen (secondary N) is 1. The first-order valence-corrected chi connectivity index (χ1v) is 11.4. The lowest BCUT2D eigenvalue weighted by Gasteiger charge is -2.29. The molecule has 1 saturated heterocycles. The van der Waals surface area contributed by atoms with Crippen LogP contribution in [0.1, 0.15) is 70.0 Å². The highest BCUT2D eigenvalue weighted by molar-refractivity contribution is 5.76. The molecule has 3 rings (SSSR count). The number of fused-ring (bicyclic) bond motifs is 1. The molecule has 1 aromatic rings. The van der Waals surface area contributed by atoms with E-state index in [0.29, 0.717) is 43.2 Å². The van der Waals surface area contributed by atoms with E-state index in [1.165, 1.54) is 18.9 Å². The van der Waals surface area contributed by atoms with Gasteiger partial charge in [-0.3, -0.25) is 4.79 Å². The SMILES string of the molecule is CCCCCCCC(=O)N[C@H](CN1CCCC1)[C@H](O)c1cc(O)c2c(c1)OCCO2. The molecular weight excluding hydrogens is 384 g/mol. The molecule has 2 aliphatic heterocycles. The molecule has 168 valence electrons. The first-order chi connectivity index (χ1) is 14.6. The minimum absolute atomic E-state index is 0.0310. The summed E-state index contributed by atoms with van der Waals surface area (Å²) in [4.78, 5) is 14.8. The smallest absolute Gasteiger partial charge is 0.220 e. The molecule has 1 amide bonds. The second-order valence-corrected chi connectivity index (χ2v) is 8.35. The molecule has 0 spiro atoms. The molecule has 2 aliphatic rings. The van der Waals surface area contributed by atoms with Crippen LogP contribution in [0.2, 0.25) is 0 Å². The van der Waals surface area contributed by atoms with Crippen molar-refractivity contribution >= 4 is 5.91 Å². The molecule has 0 aliphatic carbocycles. The fraction of sp³-hybridized carbons (Fsp3) is 0.696. The first-order valence-electron chi connectivity index (χ1n) is 11.4. The molecule has 0 aromatic heterocycles. The number of carbonyl (C=O) groups is 1. The van der Waals surface area contributed by atoms with Gasteiger partial charge in [0.05, 0.1) is 6.04 Å². The van der Waals surface area contributed by atoms with E-state index in [0.717, 1.165) is 45.2 Å². The molecule has 7 heteroatoms. The van der Waals surface area contributed by atoms with Crippen molar-refractivity contribution in [3.63, 3.8) is 0 Å². The number of ether oxygens (including phenoxy) is 2. The van der Waals surface area contributed by atoms with E-state index >= 15 is 0 Å². The Morgan fingerprint density at radius 3 is 2.63 bits per heavy atom. The Morgan fingerprint density at radius 1 is 1.13 bits per heavy atom. The van der Waals surface area contributed by atoms with Gasteiger partial charge in [0.2, 0.25) is 11.7 Å². The molecule has 30 heavy (non-hydrogen) atoms. The lowest BCUT2D eigenvalue weighted by atomic mass is 10.00. The van der Waals surface area contributed by atoms with E-state index in [1.807, 2.05) is 0 Å². The van der Waals surface area contributed by atoms with E-state index in [-0.39, 0.29) is 11.7 Å². The molecule has 0 unspecified atom stereocenters. The Kier molecular flexibility index (Phi) is 8.63. The zero-order valence-corrected chi connectivity index (χ0v) is 18.1. The van der Waals surface area contributed by atoms with Gasteiger partial charge in [-0.2, -0.15) is 0 Å². The largest absolute Gasteiger partial charge is 0.504 e. The Morgan fingerprint density at radius 2 is 1.87 bits per heavy atom. The summed E-state index contributed by atoms with van der Waals surface area (Å²) >= 11 is 0. The number of phenols is 1. The van der Waals surface area contributed by atoms with Crippen molar-refractivity contribution in [2.75, 3.05) is 32.8 Å². The van der Waals surface area contributed by atoms with E-state index in [1.54, 1.807) is 6.07 Å². The zero-order chi connectivity index (χ0) is 21.3. The number of hydrogen-bond acceptors (Lipinski definition) is 6. The fourth-order valence-corrected chi connectivity index (χ4v) is 4.19. The van der Waals surface area contributed by atoms with Gasteiger partial charge in [0.15, 0.2) is 11.5 Å². The quantitative estimate of drug-likeness (QED) is 0.477. The third kappa shape index (κ3) is 6.25. The van der Waals surface area contributed by atoms with E-state index in [9.17, 15) is 15.0 Å². The summed E-state index contributed by atoms with van der Waals surface area (Å²) in [6.07, 6.45) is 7.25. The van der Waals surface area contributed by atoms with Crippen LogP contribution >= 0.6 is 0 Å². The molecule has 2 heterocycles. The summed E-state index contributed by atoms with van der Waals surface area (Å²) in [5.74, 6) is 0.654. The first kappa shape index (κ1) is 22.7. The van der Waals surface area contributed by atoms with Gasteiger partial charge >= 0.3 is 0 Å². The maximum Gasteiger partial charge on any atom is 0.220 e. The fourth-order valence-electron chi connectivity index (χ4n) is 4.19. The minimum Gasteiger partial charge on any atom is -0.504 e. The van der Waals surface area contributed by atoms with Crippen LogP contribution < -0.4 is 14.8 Å². The molecular formula is C23H36N2O5. The molecule has 7 nitrogen and oxygen atoms in total. The van der Waals surface area contributed by atoms with Gasteiger partial charge < -0.3 is 29.9 Å². The zero-order valence-electron chi connectivity index (χ0n) is 18.1. The summed E-state index contributed by atoms with van der Waals surface area (Å²) in [5.41, 5.74) is 0.518. The number of rotatable bonds is 11. The Hall–Kier alpha value is -1.99. The van der Waals surface area contributed by atoms with Crippen LogP contribution in [0.3, 0.4) is 0 Å². The predicted molar refractivity (Wildman–Crippen MR) is 115 cm³/mol. The van der Waals surface area contributed by atoms with E-state index in [2.05, 4.69) is 17.1 Å². The van der Waals surface area contributed by atoms with Gasteiger partial charge in [-0.15, -0.1) is 0 Å². The number of nitrogens with zero attached hydrogens (tertiary/aromatic N) is 1. The molecule has 1 fully saturated rings. The second kappa shape index (κ2) is 11.4. The lowest BCUT2D eigenvalue weighted by Crippen LogP contribution is -2.46. The van der Waals surface area contributed by atoms with Gasteiger partial charge in [0.1, 0.15) is 19.3 Å². The Labute approximate surface area is 179 Å². The standard InChI is InChI=1S/C23H36N2O5/c1-2-3-4-5-6-9-21(27)24-18(16-25-10-7-8-11-25)22(28)17-14-19(26)23-20(15-17)29-12-13-30-23/h14-15,18,22,26,28H,2-13,16H2,1H3,(H,24,27)/t18-,22-/m1/s1. The second-order valence-electron chi connectivity index (χ2n) is 8.35. The van der Waals surface area contributed by atoms with Gasteiger partial charge in [0.25, 0.3) is 0 Å². The highest BCUT2D eigenvalue weighted by Crippen LogP contribution is 2.41. The third-order valence-corrected chi connectivity index (χ3v) is 5.87. The third-order valence-electron chi connectivity index (χ3n) is 5.87. The number of carbonyl (C=O) groups excluding carboxylic acids is 1. The van der Waals surface area contributed by atoms with Crippen LogP contribution in [0.15, 0.2) is 12.1 Å². The number of aromatic hydroxyl groups is 1. The Bertz CT molecular complexity index is 690. The topological polar surface area (TPSA) is 91.3 Å². The van der Waals surface area contributed by atoms with E-state index < -0.39 is 12.1 Å². The molecule has 1 aromatic carbocycles. The van der Waals surface area contributed by atoms with Gasteiger partial charge in [0, 0.05) is 13.0 Å². The molecule has 0 bridgehead atoms.